The molecule has 0 saturated carbocycles. The number of amides is 1. The predicted molar refractivity (Wildman–Crippen MR) is 189 cm³/mol. The van der Waals surface area contributed by atoms with Gasteiger partial charge in [0.15, 0.2) is 0 Å². The second-order valence-corrected chi connectivity index (χ2v) is 12.8. The maximum Gasteiger partial charge on any atom is 0.322 e. The van der Waals surface area contributed by atoms with Crippen LogP contribution in [0, 0.1) is 0 Å². The van der Waals surface area contributed by atoms with Crippen LogP contribution in [0.2, 0.25) is 0 Å². The highest BCUT2D eigenvalue weighted by Crippen LogP contribution is 2.18. The molecule has 1 amide bonds. The number of carboxylic acid groups (broad SMARTS) is 1. The quantitative estimate of drug-likeness (QED) is 0.0418. The van der Waals surface area contributed by atoms with Gasteiger partial charge in [-0.05, 0) is 83.5 Å². The third kappa shape index (κ3) is 34.6. The molecule has 1 unspecified atom stereocenters. The summed E-state index contributed by atoms with van der Waals surface area (Å²) in [6.07, 6.45) is 40.0. The van der Waals surface area contributed by atoms with Gasteiger partial charge in [0, 0.05) is 12.8 Å². The number of esters is 1. The summed E-state index contributed by atoms with van der Waals surface area (Å²) in [7, 11) is 0. The van der Waals surface area contributed by atoms with Crippen molar-refractivity contribution in [2.45, 2.75) is 200 Å². The maximum absolute atomic E-state index is 12.7. The number of nitrogens with one attached hydrogen (secondary N) is 1. The van der Waals surface area contributed by atoms with E-state index >= 15 is 0 Å². The number of carboxylic acids is 1. The molecule has 0 rings (SSSR count). The van der Waals surface area contributed by atoms with Crippen molar-refractivity contribution in [1.82, 2.24) is 5.32 Å². The molecule has 0 saturated heterocycles. The van der Waals surface area contributed by atoms with Crippen LogP contribution in [-0.4, -0.2) is 35.6 Å². The number of hydrogen-bond acceptors (Lipinski definition) is 4. The largest absolute Gasteiger partial charge is 0.480 e. The number of carbonyl (C=O) groups excluding carboxylic acids is 2. The number of unbranched alkanes of at least 4 members (excludes halogenated alkanes) is 19. The van der Waals surface area contributed by atoms with Crippen molar-refractivity contribution in [2.75, 3.05) is 6.54 Å². The molecule has 0 heterocycles. The molecule has 45 heavy (non-hydrogen) atoms. The summed E-state index contributed by atoms with van der Waals surface area (Å²) >= 11 is 0. The van der Waals surface area contributed by atoms with Crippen LogP contribution in [0.25, 0.3) is 0 Å². The molecule has 6 nitrogen and oxygen atoms in total. The molecule has 2 N–H and O–H groups in total. The SMILES string of the molecule is CCCCC/C=C\CCCCCCCC(=O)OC(CCC/C=C\CCCCCCCC)CCCCCCCC(=O)NCC(=O)O. The fourth-order valence-corrected chi connectivity index (χ4v) is 5.51. The van der Waals surface area contributed by atoms with E-state index in [4.69, 9.17) is 9.84 Å². The third-order valence-electron chi connectivity index (χ3n) is 8.35. The van der Waals surface area contributed by atoms with E-state index in [0.717, 1.165) is 70.6 Å². The molecule has 0 aromatic rings. The zero-order valence-corrected chi connectivity index (χ0v) is 29.5. The molecule has 0 fully saturated rings. The zero-order valence-electron chi connectivity index (χ0n) is 29.5. The molecule has 0 aliphatic rings. The molecule has 0 aliphatic carbocycles. The summed E-state index contributed by atoms with van der Waals surface area (Å²) < 4.78 is 5.97. The molecule has 0 radical (unpaired) electrons. The van der Waals surface area contributed by atoms with Gasteiger partial charge in [-0.2, -0.15) is 0 Å². The van der Waals surface area contributed by atoms with Crippen LogP contribution in [0.1, 0.15) is 194 Å². The van der Waals surface area contributed by atoms with Crippen molar-refractivity contribution in [1.29, 1.82) is 0 Å². The summed E-state index contributed by atoms with van der Waals surface area (Å²) in [5.74, 6) is -1.26. The molecule has 1 atom stereocenters. The smallest absolute Gasteiger partial charge is 0.322 e. The van der Waals surface area contributed by atoms with Crippen LogP contribution in [0.5, 0.6) is 0 Å². The summed E-state index contributed by atoms with van der Waals surface area (Å²) in [4.78, 5) is 34.8. The first-order valence-corrected chi connectivity index (χ1v) is 19.0. The fraction of sp³-hybridized carbons (Fsp3) is 0.821. The molecular weight excluding hydrogens is 562 g/mol. The normalized spacial score (nSPS) is 12.2. The lowest BCUT2D eigenvalue weighted by Gasteiger charge is -2.18. The van der Waals surface area contributed by atoms with Crippen LogP contribution in [-0.2, 0) is 19.1 Å². The minimum atomic E-state index is -1.02. The monoisotopic (exact) mass is 634 g/mol. The Morgan fingerprint density at radius 2 is 0.978 bits per heavy atom. The second-order valence-electron chi connectivity index (χ2n) is 12.8. The van der Waals surface area contributed by atoms with E-state index in [-0.39, 0.29) is 24.5 Å². The molecule has 0 aliphatic heterocycles. The van der Waals surface area contributed by atoms with Crippen molar-refractivity contribution in [2.24, 2.45) is 0 Å². The van der Waals surface area contributed by atoms with Gasteiger partial charge in [0.1, 0.15) is 12.6 Å². The van der Waals surface area contributed by atoms with Crippen LogP contribution in [0.15, 0.2) is 24.3 Å². The van der Waals surface area contributed by atoms with E-state index in [1.165, 1.54) is 96.3 Å². The Balaban J connectivity index is 4.23. The van der Waals surface area contributed by atoms with Gasteiger partial charge in [-0.25, -0.2) is 0 Å². The van der Waals surface area contributed by atoms with Gasteiger partial charge in [-0.1, -0.05) is 122 Å². The Hall–Kier alpha value is -2.11. The second kappa shape index (κ2) is 34.8. The van der Waals surface area contributed by atoms with E-state index in [1.54, 1.807) is 0 Å². The van der Waals surface area contributed by atoms with Gasteiger partial charge in [0.2, 0.25) is 5.91 Å². The van der Waals surface area contributed by atoms with Crippen molar-refractivity contribution >= 4 is 17.8 Å². The van der Waals surface area contributed by atoms with Gasteiger partial charge >= 0.3 is 11.9 Å². The highest BCUT2D eigenvalue weighted by atomic mass is 16.5. The summed E-state index contributed by atoms with van der Waals surface area (Å²) in [6.45, 7) is 4.18. The average Bonchev–Trinajstić information content (AvgIpc) is 3.02. The lowest BCUT2D eigenvalue weighted by atomic mass is 10.0. The van der Waals surface area contributed by atoms with E-state index in [1.807, 2.05) is 0 Å². The first-order chi connectivity index (χ1) is 22.0. The summed E-state index contributed by atoms with van der Waals surface area (Å²) in [5.41, 5.74) is 0. The van der Waals surface area contributed by atoms with Crippen molar-refractivity contribution in [3.63, 3.8) is 0 Å². The molecule has 0 bridgehead atoms. The van der Waals surface area contributed by atoms with Gasteiger partial charge in [-0.15, -0.1) is 0 Å². The van der Waals surface area contributed by atoms with Crippen LogP contribution < -0.4 is 5.32 Å². The van der Waals surface area contributed by atoms with Crippen LogP contribution in [0.4, 0.5) is 0 Å². The van der Waals surface area contributed by atoms with Crippen LogP contribution in [0.3, 0.4) is 0 Å². The maximum atomic E-state index is 12.7. The zero-order chi connectivity index (χ0) is 33.1. The standard InChI is InChI=1S/C39H71NO5/c1-3-5-7-9-11-13-15-17-19-21-26-30-34-39(44)45-36(31-27-23-20-18-16-14-12-10-8-6-4-2)32-28-24-22-25-29-33-37(41)40-35-38(42)43/h11,13,18,20,36H,3-10,12,14-17,19,21-35H2,1-2H3,(H,40,41)(H,42,43)/b13-11-,20-18-. The average molecular weight is 634 g/mol. The highest BCUT2D eigenvalue weighted by Gasteiger charge is 2.14. The number of carbonyl (C=O) groups is 3. The molecular formula is C39H71NO5. The van der Waals surface area contributed by atoms with Gasteiger partial charge < -0.3 is 15.2 Å². The van der Waals surface area contributed by atoms with Gasteiger partial charge in [0.05, 0.1) is 0 Å². The minimum absolute atomic E-state index is 0.00428. The van der Waals surface area contributed by atoms with Gasteiger partial charge in [-0.3, -0.25) is 14.4 Å². The van der Waals surface area contributed by atoms with Crippen molar-refractivity contribution in [3.8, 4) is 0 Å². The minimum Gasteiger partial charge on any atom is -0.480 e. The molecule has 0 aromatic heterocycles. The van der Waals surface area contributed by atoms with E-state index in [2.05, 4.69) is 43.5 Å². The van der Waals surface area contributed by atoms with Crippen molar-refractivity contribution in [3.05, 3.63) is 24.3 Å². The van der Waals surface area contributed by atoms with E-state index < -0.39 is 5.97 Å². The highest BCUT2D eigenvalue weighted by molar-refractivity contribution is 5.80. The van der Waals surface area contributed by atoms with Crippen molar-refractivity contribution < 1.29 is 24.2 Å². The Morgan fingerprint density at radius 3 is 1.56 bits per heavy atom. The molecule has 0 aromatic carbocycles. The summed E-state index contributed by atoms with van der Waals surface area (Å²) in [5, 5.41) is 11.1. The number of allylic oxidation sites excluding steroid dienone is 4. The predicted octanol–water partition coefficient (Wildman–Crippen LogP) is 11.2. The Labute approximate surface area is 277 Å². The number of ether oxygens (including phenoxy) is 1. The lowest BCUT2D eigenvalue weighted by molar-refractivity contribution is -0.150. The van der Waals surface area contributed by atoms with E-state index in [9.17, 15) is 14.4 Å². The summed E-state index contributed by atoms with van der Waals surface area (Å²) in [6, 6.07) is 0. The molecule has 6 heteroatoms. The molecule has 262 valence electrons. The first kappa shape index (κ1) is 42.9. The number of hydrogen-bond donors (Lipinski definition) is 2. The number of rotatable bonds is 34. The van der Waals surface area contributed by atoms with E-state index in [0.29, 0.717) is 12.8 Å². The number of aliphatic carboxylic acids is 1. The van der Waals surface area contributed by atoms with Gasteiger partial charge in [0.25, 0.3) is 0 Å². The Morgan fingerprint density at radius 1 is 0.556 bits per heavy atom. The Kier molecular flexibility index (Phi) is 33.1. The topological polar surface area (TPSA) is 92.7 Å². The first-order valence-electron chi connectivity index (χ1n) is 19.0. The molecule has 0 spiro atoms. The van der Waals surface area contributed by atoms with Crippen LogP contribution >= 0.6 is 0 Å². The lowest BCUT2D eigenvalue weighted by Crippen LogP contribution is -2.28. The fourth-order valence-electron chi connectivity index (χ4n) is 5.51. The third-order valence-corrected chi connectivity index (χ3v) is 8.35. The Bertz CT molecular complexity index is 748.